The van der Waals surface area contributed by atoms with Crippen LogP contribution in [-0.4, -0.2) is 31.1 Å². The minimum Gasteiger partial charge on any atom is -0.492 e. The van der Waals surface area contributed by atoms with Gasteiger partial charge in [0.1, 0.15) is 12.4 Å². The Morgan fingerprint density at radius 1 is 1.27 bits per heavy atom. The quantitative estimate of drug-likeness (QED) is 0.468. The average Bonchev–Trinajstić information content (AvgIpc) is 3.03. The summed E-state index contributed by atoms with van der Waals surface area (Å²) in [6.45, 7) is 4.06. The number of benzene rings is 1. The van der Waals surface area contributed by atoms with E-state index in [0.717, 1.165) is 28.8 Å². The molecule has 0 aliphatic rings. The van der Waals surface area contributed by atoms with E-state index in [4.69, 9.17) is 4.74 Å². The number of para-hydroxylation sites is 1. The molecule has 6 heteroatoms. The Labute approximate surface area is 135 Å². The number of hydrogen-bond donors (Lipinski definition) is 2. The van der Waals surface area contributed by atoms with Crippen molar-refractivity contribution in [2.75, 3.05) is 20.2 Å². The van der Waals surface area contributed by atoms with Gasteiger partial charge in [-0.3, -0.25) is 4.99 Å². The molecule has 0 spiro atoms. The van der Waals surface area contributed by atoms with Gasteiger partial charge in [-0.2, -0.15) is 0 Å². The predicted octanol–water partition coefficient (Wildman–Crippen LogP) is 2.45. The molecule has 0 fully saturated rings. The van der Waals surface area contributed by atoms with E-state index in [1.165, 1.54) is 0 Å². The van der Waals surface area contributed by atoms with E-state index in [9.17, 15) is 0 Å². The number of aromatic nitrogens is 1. The third-order valence-electron chi connectivity index (χ3n) is 2.97. The van der Waals surface area contributed by atoms with Crippen LogP contribution in [-0.2, 0) is 13.0 Å². The van der Waals surface area contributed by atoms with Crippen molar-refractivity contribution in [1.82, 2.24) is 15.6 Å². The molecule has 0 saturated heterocycles. The molecular formula is C16H22N4OS. The zero-order valence-corrected chi connectivity index (χ0v) is 13.8. The van der Waals surface area contributed by atoms with Crippen LogP contribution >= 0.6 is 11.3 Å². The number of aliphatic imine (C=N–C) groups is 1. The van der Waals surface area contributed by atoms with Crippen molar-refractivity contribution in [3.05, 3.63) is 46.4 Å². The molecule has 0 atom stereocenters. The Morgan fingerprint density at radius 2 is 2.09 bits per heavy atom. The minimum absolute atomic E-state index is 0.585. The zero-order valence-electron chi connectivity index (χ0n) is 13.0. The van der Waals surface area contributed by atoms with Crippen LogP contribution in [0.25, 0.3) is 0 Å². The summed E-state index contributed by atoms with van der Waals surface area (Å²) in [5, 5.41) is 9.71. The fourth-order valence-electron chi connectivity index (χ4n) is 1.84. The molecule has 0 saturated carbocycles. The van der Waals surface area contributed by atoms with Crippen molar-refractivity contribution in [2.24, 2.45) is 4.99 Å². The molecule has 22 heavy (non-hydrogen) atoms. The second-order valence-electron chi connectivity index (χ2n) is 4.60. The summed E-state index contributed by atoms with van der Waals surface area (Å²) in [5.74, 6) is 1.63. The SMILES string of the molecule is CCc1nc(CNC(=NC)NCCOc2ccccc2)cs1. The van der Waals surface area contributed by atoms with E-state index in [2.05, 4.69) is 32.9 Å². The van der Waals surface area contributed by atoms with Crippen LogP contribution < -0.4 is 15.4 Å². The van der Waals surface area contributed by atoms with Gasteiger partial charge < -0.3 is 15.4 Å². The highest BCUT2D eigenvalue weighted by molar-refractivity contribution is 7.09. The lowest BCUT2D eigenvalue weighted by molar-refractivity contribution is 0.322. The van der Waals surface area contributed by atoms with Crippen molar-refractivity contribution in [3.63, 3.8) is 0 Å². The van der Waals surface area contributed by atoms with Crippen LogP contribution in [0.15, 0.2) is 40.7 Å². The summed E-state index contributed by atoms with van der Waals surface area (Å²) in [6, 6.07) is 9.78. The zero-order chi connectivity index (χ0) is 15.6. The van der Waals surface area contributed by atoms with E-state index < -0.39 is 0 Å². The first-order chi connectivity index (χ1) is 10.8. The summed E-state index contributed by atoms with van der Waals surface area (Å²) in [6.07, 6.45) is 0.981. The molecule has 0 unspecified atom stereocenters. The highest BCUT2D eigenvalue weighted by Crippen LogP contribution is 2.09. The normalized spacial score (nSPS) is 11.3. The first-order valence-corrected chi connectivity index (χ1v) is 8.25. The molecule has 2 N–H and O–H groups in total. The van der Waals surface area contributed by atoms with Crippen LogP contribution in [0, 0.1) is 0 Å². The number of nitrogens with one attached hydrogen (secondary N) is 2. The average molecular weight is 318 g/mol. The number of rotatable bonds is 7. The van der Waals surface area contributed by atoms with Gasteiger partial charge in [0, 0.05) is 12.4 Å². The molecule has 2 rings (SSSR count). The van der Waals surface area contributed by atoms with Crippen LogP contribution in [0.1, 0.15) is 17.6 Å². The Balaban J connectivity index is 1.67. The first-order valence-electron chi connectivity index (χ1n) is 7.37. The van der Waals surface area contributed by atoms with Crippen molar-refractivity contribution in [2.45, 2.75) is 19.9 Å². The summed E-state index contributed by atoms with van der Waals surface area (Å²) >= 11 is 1.70. The van der Waals surface area contributed by atoms with Crippen LogP contribution in [0.5, 0.6) is 5.75 Å². The van der Waals surface area contributed by atoms with E-state index in [0.29, 0.717) is 19.7 Å². The van der Waals surface area contributed by atoms with E-state index >= 15 is 0 Å². The second-order valence-corrected chi connectivity index (χ2v) is 5.54. The number of thiazole rings is 1. The molecule has 1 aromatic carbocycles. The third kappa shape index (κ3) is 5.37. The van der Waals surface area contributed by atoms with E-state index in [1.807, 2.05) is 30.3 Å². The summed E-state index contributed by atoms with van der Waals surface area (Å²) in [7, 11) is 1.76. The Bertz CT molecular complexity index is 583. The summed E-state index contributed by atoms with van der Waals surface area (Å²) < 4.78 is 5.63. The van der Waals surface area contributed by atoms with Crippen LogP contribution in [0.2, 0.25) is 0 Å². The monoisotopic (exact) mass is 318 g/mol. The van der Waals surface area contributed by atoms with E-state index in [-0.39, 0.29) is 0 Å². The van der Waals surface area contributed by atoms with Gasteiger partial charge in [0.15, 0.2) is 5.96 Å². The maximum Gasteiger partial charge on any atom is 0.191 e. The van der Waals surface area contributed by atoms with Crippen molar-refractivity contribution < 1.29 is 4.74 Å². The second kappa shape index (κ2) is 9.04. The van der Waals surface area contributed by atoms with Gasteiger partial charge >= 0.3 is 0 Å². The molecule has 1 aromatic heterocycles. The largest absolute Gasteiger partial charge is 0.492 e. The minimum atomic E-state index is 0.585. The molecule has 0 bridgehead atoms. The first kappa shape index (κ1) is 16.3. The maximum atomic E-state index is 5.63. The fraction of sp³-hybridized carbons (Fsp3) is 0.375. The lowest BCUT2D eigenvalue weighted by Crippen LogP contribution is -2.38. The van der Waals surface area contributed by atoms with Gasteiger partial charge in [0.2, 0.25) is 0 Å². The molecule has 2 aromatic rings. The van der Waals surface area contributed by atoms with Crippen LogP contribution in [0.3, 0.4) is 0 Å². The van der Waals surface area contributed by atoms with E-state index in [1.54, 1.807) is 18.4 Å². The number of hydrogen-bond acceptors (Lipinski definition) is 4. The van der Waals surface area contributed by atoms with Gasteiger partial charge in [-0.05, 0) is 18.6 Å². The highest BCUT2D eigenvalue weighted by atomic mass is 32.1. The standard InChI is InChI=1S/C16H22N4OS/c1-3-15-20-13(12-22-15)11-19-16(17-2)18-9-10-21-14-7-5-4-6-8-14/h4-8,12H,3,9-11H2,1-2H3,(H2,17,18,19). The van der Waals surface area contributed by atoms with Gasteiger partial charge in [-0.1, -0.05) is 25.1 Å². The molecule has 0 amide bonds. The lowest BCUT2D eigenvalue weighted by Gasteiger charge is -2.11. The smallest absolute Gasteiger partial charge is 0.191 e. The summed E-state index contributed by atoms with van der Waals surface area (Å²) in [5.41, 5.74) is 1.05. The predicted molar refractivity (Wildman–Crippen MR) is 91.6 cm³/mol. The highest BCUT2D eigenvalue weighted by Gasteiger charge is 2.02. The number of aryl methyl sites for hydroxylation is 1. The Morgan fingerprint density at radius 3 is 2.77 bits per heavy atom. The van der Waals surface area contributed by atoms with Gasteiger partial charge in [-0.15, -0.1) is 11.3 Å². The molecular weight excluding hydrogens is 296 g/mol. The number of ether oxygens (including phenoxy) is 1. The maximum absolute atomic E-state index is 5.63. The topological polar surface area (TPSA) is 58.5 Å². The number of nitrogens with zero attached hydrogens (tertiary/aromatic N) is 2. The molecule has 0 aliphatic heterocycles. The van der Waals surface area contributed by atoms with Gasteiger partial charge in [-0.25, -0.2) is 4.98 Å². The van der Waals surface area contributed by atoms with Crippen molar-refractivity contribution in [3.8, 4) is 5.75 Å². The molecule has 0 radical (unpaired) electrons. The molecule has 118 valence electrons. The Kier molecular flexibility index (Phi) is 6.70. The summed E-state index contributed by atoms with van der Waals surface area (Å²) in [4.78, 5) is 8.71. The Hall–Kier alpha value is -2.08. The van der Waals surface area contributed by atoms with Crippen LogP contribution in [0.4, 0.5) is 0 Å². The molecule has 0 aliphatic carbocycles. The van der Waals surface area contributed by atoms with Crippen molar-refractivity contribution in [1.29, 1.82) is 0 Å². The fourth-order valence-corrected chi connectivity index (χ4v) is 2.59. The molecule has 5 nitrogen and oxygen atoms in total. The third-order valence-corrected chi connectivity index (χ3v) is 4.01. The van der Waals surface area contributed by atoms with Gasteiger partial charge in [0.25, 0.3) is 0 Å². The number of guanidine groups is 1. The molecule has 1 heterocycles. The van der Waals surface area contributed by atoms with Gasteiger partial charge in [0.05, 0.1) is 23.8 Å². The lowest BCUT2D eigenvalue weighted by atomic mass is 10.3. The van der Waals surface area contributed by atoms with Crippen molar-refractivity contribution >= 4 is 17.3 Å².